The lowest BCUT2D eigenvalue weighted by molar-refractivity contribution is -0.172. The summed E-state index contributed by atoms with van der Waals surface area (Å²) in [6.45, 7) is 1.95. The lowest BCUT2D eigenvalue weighted by Gasteiger charge is -2.48. The van der Waals surface area contributed by atoms with Gasteiger partial charge in [-0.05, 0) is 30.2 Å². The fourth-order valence-electron chi connectivity index (χ4n) is 2.92. The molecule has 0 radical (unpaired) electrons. The van der Waals surface area contributed by atoms with E-state index in [1.54, 1.807) is 29.2 Å². The Kier molecular flexibility index (Phi) is 3.66. The van der Waals surface area contributed by atoms with Crippen LogP contribution in [0.4, 0.5) is 0 Å². The summed E-state index contributed by atoms with van der Waals surface area (Å²) in [5.74, 6) is -0.259. The highest BCUT2D eigenvalue weighted by molar-refractivity contribution is 5.89. The van der Waals surface area contributed by atoms with Gasteiger partial charge >= 0.3 is 0 Å². The van der Waals surface area contributed by atoms with E-state index in [9.17, 15) is 9.90 Å². The number of β-lactam (4-membered cyclic amide) rings is 1. The molecular formula is C18H16N2O2. The zero-order chi connectivity index (χ0) is 15.7. The van der Waals surface area contributed by atoms with Crippen LogP contribution in [0, 0.1) is 11.3 Å². The minimum atomic E-state index is -1.01. The van der Waals surface area contributed by atoms with Gasteiger partial charge in [0.1, 0.15) is 0 Å². The van der Waals surface area contributed by atoms with Crippen LogP contribution in [0.15, 0.2) is 54.6 Å². The Hall–Kier alpha value is -2.64. The number of aliphatic hydroxyl groups excluding tert-OH is 1. The number of nitriles is 1. The number of nitrogens with zero attached hydrogens (tertiary/aromatic N) is 2. The molecule has 4 heteroatoms. The van der Waals surface area contributed by atoms with Crippen molar-refractivity contribution < 1.29 is 9.90 Å². The number of benzene rings is 2. The standard InChI is InChI=1S/C18H16N2O2/c1-12(14-5-3-2-4-6-14)20-16(17(21)18(20)22)15-9-7-13(11-19)8-10-15/h2-10,12,16-17,21H,1H3/t12?,16-,17+/m0/s1. The third-order valence-corrected chi connectivity index (χ3v) is 4.19. The quantitative estimate of drug-likeness (QED) is 0.884. The number of hydrogen-bond donors (Lipinski definition) is 1. The van der Waals surface area contributed by atoms with E-state index in [1.807, 2.05) is 37.3 Å². The zero-order valence-corrected chi connectivity index (χ0v) is 12.2. The van der Waals surface area contributed by atoms with Gasteiger partial charge in [-0.2, -0.15) is 5.26 Å². The SMILES string of the molecule is CC(c1ccccc1)N1C(=O)[C@H](O)[C@@H]1c1ccc(C#N)cc1. The number of carbonyl (C=O) groups is 1. The molecule has 0 bridgehead atoms. The van der Waals surface area contributed by atoms with Crippen molar-refractivity contribution in [3.05, 3.63) is 71.3 Å². The van der Waals surface area contributed by atoms with Crippen LogP contribution in [-0.4, -0.2) is 22.0 Å². The van der Waals surface area contributed by atoms with E-state index in [0.29, 0.717) is 5.56 Å². The highest BCUT2D eigenvalue weighted by Gasteiger charge is 2.49. The number of rotatable bonds is 3. The van der Waals surface area contributed by atoms with E-state index in [4.69, 9.17) is 5.26 Å². The molecule has 1 amide bonds. The summed E-state index contributed by atoms with van der Waals surface area (Å²) in [6, 6.07) is 18.3. The van der Waals surface area contributed by atoms with Crippen LogP contribution in [0.2, 0.25) is 0 Å². The first-order valence-corrected chi connectivity index (χ1v) is 7.18. The molecular weight excluding hydrogens is 276 g/mol. The molecule has 2 aromatic carbocycles. The molecule has 0 aromatic heterocycles. The number of carbonyl (C=O) groups excluding carboxylic acids is 1. The van der Waals surface area contributed by atoms with Crippen molar-refractivity contribution >= 4 is 5.91 Å². The molecule has 0 saturated carbocycles. The fraction of sp³-hybridized carbons (Fsp3) is 0.222. The van der Waals surface area contributed by atoms with Crippen molar-refractivity contribution in [2.75, 3.05) is 0 Å². The second kappa shape index (κ2) is 5.63. The second-order valence-electron chi connectivity index (χ2n) is 5.46. The molecule has 1 aliphatic heterocycles. The highest BCUT2D eigenvalue weighted by atomic mass is 16.3. The number of hydrogen-bond acceptors (Lipinski definition) is 3. The van der Waals surface area contributed by atoms with Crippen molar-refractivity contribution in [2.45, 2.75) is 25.1 Å². The van der Waals surface area contributed by atoms with Crippen molar-refractivity contribution in [3.63, 3.8) is 0 Å². The molecule has 3 atom stereocenters. The lowest BCUT2D eigenvalue weighted by Crippen LogP contribution is -2.59. The number of amides is 1. The van der Waals surface area contributed by atoms with Crippen LogP contribution in [0.3, 0.4) is 0 Å². The van der Waals surface area contributed by atoms with Crippen molar-refractivity contribution in [1.29, 1.82) is 5.26 Å². The van der Waals surface area contributed by atoms with E-state index in [2.05, 4.69) is 6.07 Å². The Morgan fingerprint density at radius 2 is 1.77 bits per heavy atom. The Balaban J connectivity index is 1.89. The molecule has 4 nitrogen and oxygen atoms in total. The van der Waals surface area contributed by atoms with Gasteiger partial charge in [-0.3, -0.25) is 4.79 Å². The van der Waals surface area contributed by atoms with Crippen molar-refractivity contribution in [3.8, 4) is 6.07 Å². The van der Waals surface area contributed by atoms with Crippen molar-refractivity contribution in [1.82, 2.24) is 4.90 Å². The summed E-state index contributed by atoms with van der Waals surface area (Å²) < 4.78 is 0. The Labute approximate surface area is 129 Å². The van der Waals surface area contributed by atoms with Gasteiger partial charge in [0.05, 0.1) is 23.7 Å². The molecule has 110 valence electrons. The van der Waals surface area contributed by atoms with E-state index in [-0.39, 0.29) is 18.0 Å². The summed E-state index contributed by atoms with van der Waals surface area (Å²) >= 11 is 0. The van der Waals surface area contributed by atoms with E-state index in [0.717, 1.165) is 11.1 Å². The van der Waals surface area contributed by atoms with Gasteiger partial charge in [0.25, 0.3) is 5.91 Å². The monoisotopic (exact) mass is 292 g/mol. The summed E-state index contributed by atoms with van der Waals surface area (Å²) in [6.07, 6.45) is -1.01. The van der Waals surface area contributed by atoms with Crippen LogP contribution >= 0.6 is 0 Å². The second-order valence-corrected chi connectivity index (χ2v) is 5.46. The maximum atomic E-state index is 12.1. The van der Waals surface area contributed by atoms with Gasteiger partial charge in [-0.1, -0.05) is 42.5 Å². The Bertz CT molecular complexity index is 719. The van der Waals surface area contributed by atoms with Gasteiger partial charge in [0.15, 0.2) is 6.10 Å². The van der Waals surface area contributed by atoms with Gasteiger partial charge < -0.3 is 10.0 Å². The topological polar surface area (TPSA) is 64.3 Å². The predicted molar refractivity (Wildman–Crippen MR) is 81.6 cm³/mol. The average Bonchev–Trinajstić information content (AvgIpc) is 2.59. The molecule has 1 heterocycles. The third-order valence-electron chi connectivity index (χ3n) is 4.19. The van der Waals surface area contributed by atoms with Crippen LogP contribution < -0.4 is 0 Å². The summed E-state index contributed by atoms with van der Waals surface area (Å²) in [4.78, 5) is 13.8. The molecule has 2 aromatic rings. The summed E-state index contributed by atoms with van der Waals surface area (Å²) in [7, 11) is 0. The van der Waals surface area contributed by atoms with Gasteiger partial charge in [0.2, 0.25) is 0 Å². The first-order chi connectivity index (χ1) is 10.6. The average molecular weight is 292 g/mol. The minimum absolute atomic E-state index is 0.113. The molecule has 0 aliphatic carbocycles. The number of likely N-dealkylation sites (tertiary alicyclic amines) is 1. The van der Waals surface area contributed by atoms with Crippen LogP contribution in [0.25, 0.3) is 0 Å². The fourth-order valence-corrected chi connectivity index (χ4v) is 2.92. The highest BCUT2D eigenvalue weighted by Crippen LogP contribution is 2.41. The van der Waals surface area contributed by atoms with Crippen LogP contribution in [0.5, 0.6) is 0 Å². The smallest absolute Gasteiger partial charge is 0.255 e. The third kappa shape index (κ3) is 2.26. The maximum Gasteiger partial charge on any atom is 0.255 e. The zero-order valence-electron chi connectivity index (χ0n) is 12.2. The van der Waals surface area contributed by atoms with Crippen LogP contribution in [0.1, 0.15) is 35.7 Å². The van der Waals surface area contributed by atoms with Crippen LogP contribution in [-0.2, 0) is 4.79 Å². The molecule has 1 fully saturated rings. The normalized spacial score (nSPS) is 21.9. The Morgan fingerprint density at radius 1 is 1.14 bits per heavy atom. The number of aliphatic hydroxyl groups is 1. The van der Waals surface area contributed by atoms with E-state index >= 15 is 0 Å². The first kappa shape index (κ1) is 14.3. The molecule has 1 N–H and O–H groups in total. The first-order valence-electron chi connectivity index (χ1n) is 7.18. The molecule has 1 aliphatic rings. The molecule has 1 unspecified atom stereocenters. The van der Waals surface area contributed by atoms with Gasteiger partial charge in [-0.15, -0.1) is 0 Å². The molecule has 22 heavy (non-hydrogen) atoms. The van der Waals surface area contributed by atoms with Gasteiger partial charge in [0, 0.05) is 0 Å². The minimum Gasteiger partial charge on any atom is -0.381 e. The van der Waals surface area contributed by atoms with Gasteiger partial charge in [-0.25, -0.2) is 0 Å². The lowest BCUT2D eigenvalue weighted by atomic mass is 9.87. The largest absolute Gasteiger partial charge is 0.381 e. The Morgan fingerprint density at radius 3 is 2.36 bits per heavy atom. The van der Waals surface area contributed by atoms with E-state index < -0.39 is 6.10 Å². The van der Waals surface area contributed by atoms with E-state index in [1.165, 1.54) is 0 Å². The summed E-state index contributed by atoms with van der Waals surface area (Å²) in [5, 5.41) is 18.9. The van der Waals surface area contributed by atoms with Crippen molar-refractivity contribution in [2.24, 2.45) is 0 Å². The predicted octanol–water partition coefficient (Wildman–Crippen LogP) is 2.56. The molecule has 1 saturated heterocycles. The molecule has 3 rings (SSSR count). The maximum absolute atomic E-state index is 12.1. The molecule has 0 spiro atoms. The summed E-state index contributed by atoms with van der Waals surface area (Å²) in [5.41, 5.74) is 2.43.